The minimum Gasteiger partial charge on any atom is -0.314 e. The average molecular weight is 275 g/mol. The summed E-state index contributed by atoms with van der Waals surface area (Å²) < 4.78 is 2.14. The van der Waals surface area contributed by atoms with E-state index in [1.54, 1.807) is 6.33 Å². The molecule has 0 radical (unpaired) electrons. The van der Waals surface area contributed by atoms with Crippen LogP contribution in [0.25, 0.3) is 0 Å². The second-order valence-corrected chi connectivity index (χ2v) is 5.69. The van der Waals surface area contributed by atoms with Crippen LogP contribution < -0.4 is 0 Å². The Bertz CT molecular complexity index is 531. The van der Waals surface area contributed by atoms with Crippen LogP contribution >= 0.6 is 0 Å². The van der Waals surface area contributed by atoms with Gasteiger partial charge in [-0.15, -0.1) is 10.2 Å². The Morgan fingerprint density at radius 3 is 3.10 bits per heavy atom. The SMILES string of the molecule is CC(C)n1cnnc1CN1CCC[C@@H](c2ncn[nH]2)C1. The monoisotopic (exact) mass is 275 g/mol. The lowest BCUT2D eigenvalue weighted by Gasteiger charge is -2.31. The molecule has 0 saturated carbocycles. The van der Waals surface area contributed by atoms with E-state index < -0.39 is 0 Å². The summed E-state index contributed by atoms with van der Waals surface area (Å²) in [5.74, 6) is 2.49. The fourth-order valence-electron chi connectivity index (χ4n) is 2.85. The molecule has 0 aliphatic carbocycles. The molecule has 108 valence electrons. The summed E-state index contributed by atoms with van der Waals surface area (Å²) in [5, 5.41) is 15.2. The van der Waals surface area contributed by atoms with Gasteiger partial charge in [-0.25, -0.2) is 4.98 Å². The Morgan fingerprint density at radius 1 is 1.45 bits per heavy atom. The number of aromatic nitrogens is 6. The van der Waals surface area contributed by atoms with E-state index in [4.69, 9.17) is 0 Å². The van der Waals surface area contributed by atoms with Crippen LogP contribution in [0.2, 0.25) is 0 Å². The van der Waals surface area contributed by atoms with Crippen LogP contribution in [-0.2, 0) is 6.54 Å². The van der Waals surface area contributed by atoms with Gasteiger partial charge >= 0.3 is 0 Å². The second-order valence-electron chi connectivity index (χ2n) is 5.69. The molecule has 1 saturated heterocycles. The van der Waals surface area contributed by atoms with Gasteiger partial charge in [0.2, 0.25) is 0 Å². The van der Waals surface area contributed by atoms with E-state index in [-0.39, 0.29) is 0 Å². The van der Waals surface area contributed by atoms with Crippen LogP contribution in [0.1, 0.15) is 50.3 Å². The van der Waals surface area contributed by atoms with Crippen molar-refractivity contribution in [2.24, 2.45) is 0 Å². The molecule has 3 rings (SSSR count). The molecule has 2 aromatic rings. The zero-order chi connectivity index (χ0) is 13.9. The fraction of sp³-hybridized carbons (Fsp3) is 0.692. The third-order valence-electron chi connectivity index (χ3n) is 3.89. The van der Waals surface area contributed by atoms with E-state index >= 15 is 0 Å². The van der Waals surface area contributed by atoms with E-state index in [0.717, 1.165) is 31.3 Å². The van der Waals surface area contributed by atoms with Gasteiger partial charge in [0, 0.05) is 18.5 Å². The van der Waals surface area contributed by atoms with Gasteiger partial charge in [-0.1, -0.05) is 0 Å². The molecule has 2 aromatic heterocycles. The highest BCUT2D eigenvalue weighted by Crippen LogP contribution is 2.25. The summed E-state index contributed by atoms with van der Waals surface area (Å²) >= 11 is 0. The number of hydrogen-bond acceptors (Lipinski definition) is 5. The van der Waals surface area contributed by atoms with Crippen molar-refractivity contribution in [2.45, 2.75) is 45.2 Å². The number of hydrogen-bond donors (Lipinski definition) is 1. The molecule has 7 heteroatoms. The number of H-pyrrole nitrogens is 1. The first kappa shape index (κ1) is 13.2. The topological polar surface area (TPSA) is 75.5 Å². The first-order valence-electron chi connectivity index (χ1n) is 7.20. The molecule has 1 aliphatic rings. The number of rotatable bonds is 4. The molecular formula is C13H21N7. The largest absolute Gasteiger partial charge is 0.314 e. The van der Waals surface area contributed by atoms with E-state index in [9.17, 15) is 0 Å². The Morgan fingerprint density at radius 2 is 2.35 bits per heavy atom. The summed E-state index contributed by atoms with van der Waals surface area (Å²) in [6.07, 6.45) is 5.76. The van der Waals surface area contributed by atoms with Crippen molar-refractivity contribution < 1.29 is 0 Å². The lowest BCUT2D eigenvalue weighted by atomic mass is 9.97. The van der Waals surface area contributed by atoms with Crippen molar-refractivity contribution in [3.63, 3.8) is 0 Å². The lowest BCUT2D eigenvalue weighted by molar-refractivity contribution is 0.189. The first-order valence-corrected chi connectivity index (χ1v) is 7.20. The zero-order valence-electron chi connectivity index (χ0n) is 12.0. The summed E-state index contributed by atoms with van der Waals surface area (Å²) in [7, 11) is 0. The predicted molar refractivity (Wildman–Crippen MR) is 74.0 cm³/mol. The predicted octanol–water partition coefficient (Wildman–Crippen LogP) is 1.36. The molecule has 7 nitrogen and oxygen atoms in total. The standard InChI is InChI=1S/C13H21N7/c1-10(2)20-9-16-17-12(20)7-19-5-3-4-11(6-19)13-14-8-15-18-13/h8-11H,3-7H2,1-2H3,(H,14,15,18)/t11-/m1/s1. The summed E-state index contributed by atoms with van der Waals surface area (Å²) in [5.41, 5.74) is 0. The van der Waals surface area contributed by atoms with Crippen LogP contribution in [0.3, 0.4) is 0 Å². The van der Waals surface area contributed by atoms with Gasteiger partial charge in [-0.05, 0) is 33.2 Å². The van der Waals surface area contributed by atoms with Crippen molar-refractivity contribution in [2.75, 3.05) is 13.1 Å². The van der Waals surface area contributed by atoms with Crippen LogP contribution in [0.15, 0.2) is 12.7 Å². The van der Waals surface area contributed by atoms with Gasteiger partial charge in [-0.2, -0.15) is 5.10 Å². The summed E-state index contributed by atoms with van der Waals surface area (Å²) in [4.78, 5) is 6.72. The van der Waals surface area contributed by atoms with Gasteiger partial charge < -0.3 is 4.57 Å². The molecule has 0 amide bonds. The van der Waals surface area contributed by atoms with Crippen LogP contribution in [0.5, 0.6) is 0 Å². The van der Waals surface area contributed by atoms with Crippen molar-refractivity contribution >= 4 is 0 Å². The van der Waals surface area contributed by atoms with Crippen molar-refractivity contribution in [3.8, 4) is 0 Å². The maximum absolute atomic E-state index is 4.29. The molecule has 3 heterocycles. The highest BCUT2D eigenvalue weighted by molar-refractivity contribution is 4.98. The maximum atomic E-state index is 4.29. The Balaban J connectivity index is 1.67. The normalized spacial score (nSPS) is 20.6. The lowest BCUT2D eigenvalue weighted by Crippen LogP contribution is -2.35. The third-order valence-corrected chi connectivity index (χ3v) is 3.89. The zero-order valence-corrected chi connectivity index (χ0v) is 12.0. The number of piperidine rings is 1. The molecule has 0 unspecified atom stereocenters. The molecule has 20 heavy (non-hydrogen) atoms. The highest BCUT2D eigenvalue weighted by Gasteiger charge is 2.24. The van der Waals surface area contributed by atoms with Crippen LogP contribution in [0, 0.1) is 0 Å². The van der Waals surface area contributed by atoms with Crippen LogP contribution in [0.4, 0.5) is 0 Å². The number of nitrogens with zero attached hydrogens (tertiary/aromatic N) is 6. The van der Waals surface area contributed by atoms with Gasteiger partial charge in [0.1, 0.15) is 24.3 Å². The molecular weight excluding hydrogens is 254 g/mol. The molecule has 0 spiro atoms. The second kappa shape index (κ2) is 5.70. The van der Waals surface area contributed by atoms with Gasteiger partial charge in [-0.3, -0.25) is 10.00 Å². The summed E-state index contributed by atoms with van der Waals surface area (Å²) in [6, 6.07) is 0.398. The highest BCUT2D eigenvalue weighted by atomic mass is 15.3. The van der Waals surface area contributed by atoms with E-state index in [1.807, 2.05) is 6.33 Å². The molecule has 1 fully saturated rings. The molecule has 0 bridgehead atoms. The Hall–Kier alpha value is -1.76. The van der Waals surface area contributed by atoms with Crippen LogP contribution in [-0.4, -0.2) is 47.9 Å². The summed E-state index contributed by atoms with van der Waals surface area (Å²) in [6.45, 7) is 7.26. The average Bonchev–Trinajstić information content (AvgIpc) is 3.10. The smallest absolute Gasteiger partial charge is 0.147 e. The first-order chi connectivity index (χ1) is 9.74. The minimum absolute atomic E-state index is 0.398. The van der Waals surface area contributed by atoms with E-state index in [1.165, 1.54) is 12.8 Å². The molecule has 1 atom stereocenters. The quantitative estimate of drug-likeness (QED) is 0.911. The maximum Gasteiger partial charge on any atom is 0.147 e. The van der Waals surface area contributed by atoms with Crippen molar-refractivity contribution in [3.05, 3.63) is 24.3 Å². The molecule has 1 N–H and O–H groups in total. The van der Waals surface area contributed by atoms with Gasteiger partial charge in [0.15, 0.2) is 0 Å². The Kier molecular flexibility index (Phi) is 3.77. The van der Waals surface area contributed by atoms with Gasteiger partial charge in [0.25, 0.3) is 0 Å². The van der Waals surface area contributed by atoms with E-state index in [2.05, 4.69) is 48.7 Å². The number of aromatic amines is 1. The number of likely N-dealkylation sites (tertiary alicyclic amines) is 1. The van der Waals surface area contributed by atoms with E-state index in [0.29, 0.717) is 12.0 Å². The molecule has 1 aliphatic heterocycles. The number of nitrogens with one attached hydrogen (secondary N) is 1. The van der Waals surface area contributed by atoms with Gasteiger partial charge in [0.05, 0.1) is 6.54 Å². The Labute approximate surface area is 118 Å². The van der Waals surface area contributed by atoms with Crippen molar-refractivity contribution in [1.29, 1.82) is 0 Å². The van der Waals surface area contributed by atoms with Crippen molar-refractivity contribution in [1.82, 2.24) is 34.8 Å². The third kappa shape index (κ3) is 2.72. The fourth-order valence-corrected chi connectivity index (χ4v) is 2.85. The molecule has 0 aromatic carbocycles. The minimum atomic E-state index is 0.398.